The molecular formula is C30H33F2N7O2. The Hall–Kier alpha value is -4.12. The number of hydrogen-bond acceptors (Lipinski definition) is 8. The topological polar surface area (TPSA) is 92.4 Å². The van der Waals surface area contributed by atoms with E-state index >= 15 is 0 Å². The monoisotopic (exact) mass is 561 g/mol. The van der Waals surface area contributed by atoms with Gasteiger partial charge in [-0.1, -0.05) is 0 Å². The summed E-state index contributed by atoms with van der Waals surface area (Å²) in [4.78, 5) is 17.8. The summed E-state index contributed by atoms with van der Waals surface area (Å²) in [5.41, 5.74) is 3.25. The normalized spacial score (nSPS) is 14.9. The first-order valence-electron chi connectivity index (χ1n) is 14.2. The SMILES string of the molecule is CCOc1cc(F)c(Cn2nc(-c3ncc(O)c(N(CCN4CCCC4)c4ccncc4)n3)c3c2CCC3)c(F)c1. The van der Waals surface area contributed by atoms with Gasteiger partial charge >= 0.3 is 0 Å². The lowest BCUT2D eigenvalue weighted by Crippen LogP contribution is -2.31. The van der Waals surface area contributed by atoms with Crippen molar-refractivity contribution in [3.8, 4) is 23.0 Å². The van der Waals surface area contributed by atoms with Gasteiger partial charge in [-0.25, -0.2) is 18.7 Å². The number of pyridine rings is 1. The van der Waals surface area contributed by atoms with Crippen LogP contribution in [0.1, 0.15) is 43.0 Å². The van der Waals surface area contributed by atoms with E-state index in [1.165, 1.54) is 31.2 Å². The van der Waals surface area contributed by atoms with Crippen molar-refractivity contribution in [2.24, 2.45) is 0 Å². The van der Waals surface area contributed by atoms with E-state index in [1.54, 1.807) is 24.0 Å². The second-order valence-electron chi connectivity index (χ2n) is 10.4. The predicted molar refractivity (Wildman–Crippen MR) is 150 cm³/mol. The number of aromatic hydroxyl groups is 1. The Bertz CT molecular complexity index is 1500. The van der Waals surface area contributed by atoms with E-state index in [0.29, 0.717) is 30.5 Å². The highest BCUT2D eigenvalue weighted by Gasteiger charge is 2.28. The minimum atomic E-state index is -0.675. The van der Waals surface area contributed by atoms with E-state index in [0.717, 1.165) is 55.8 Å². The van der Waals surface area contributed by atoms with Crippen LogP contribution in [0.15, 0.2) is 42.9 Å². The van der Waals surface area contributed by atoms with Crippen molar-refractivity contribution >= 4 is 11.5 Å². The highest BCUT2D eigenvalue weighted by molar-refractivity contribution is 5.68. The molecule has 11 heteroatoms. The van der Waals surface area contributed by atoms with Gasteiger partial charge in [0, 0.05) is 60.1 Å². The van der Waals surface area contributed by atoms with Crippen molar-refractivity contribution in [1.29, 1.82) is 0 Å². The highest BCUT2D eigenvalue weighted by atomic mass is 19.1. The third kappa shape index (κ3) is 5.58. The Morgan fingerprint density at radius 2 is 1.80 bits per heavy atom. The summed E-state index contributed by atoms with van der Waals surface area (Å²) >= 11 is 0. The van der Waals surface area contributed by atoms with Gasteiger partial charge < -0.3 is 19.6 Å². The van der Waals surface area contributed by atoms with Crippen molar-refractivity contribution in [1.82, 2.24) is 29.6 Å². The second kappa shape index (κ2) is 11.8. The van der Waals surface area contributed by atoms with Crippen LogP contribution in [0, 0.1) is 11.6 Å². The third-order valence-corrected chi connectivity index (χ3v) is 7.77. The maximum absolute atomic E-state index is 14.9. The summed E-state index contributed by atoms with van der Waals surface area (Å²) < 4.78 is 36.7. The molecule has 3 aromatic heterocycles. The number of anilines is 2. The molecule has 4 heterocycles. The molecule has 0 spiro atoms. The molecule has 1 aliphatic carbocycles. The fourth-order valence-corrected chi connectivity index (χ4v) is 5.76. The number of likely N-dealkylation sites (tertiary alicyclic amines) is 1. The molecule has 2 aliphatic rings. The van der Waals surface area contributed by atoms with Crippen LogP contribution in [0.4, 0.5) is 20.3 Å². The van der Waals surface area contributed by atoms with E-state index in [2.05, 4.69) is 14.9 Å². The number of aromatic nitrogens is 5. The molecular weight excluding hydrogens is 528 g/mol. The summed E-state index contributed by atoms with van der Waals surface area (Å²) in [5.74, 6) is -0.488. The molecule has 0 saturated carbocycles. The van der Waals surface area contributed by atoms with Gasteiger partial charge in [0.2, 0.25) is 0 Å². The summed E-state index contributed by atoms with van der Waals surface area (Å²) in [5, 5.41) is 15.7. The van der Waals surface area contributed by atoms with Gasteiger partial charge in [0.25, 0.3) is 0 Å². The molecule has 1 saturated heterocycles. The predicted octanol–water partition coefficient (Wildman–Crippen LogP) is 4.89. The van der Waals surface area contributed by atoms with Crippen molar-refractivity contribution < 1.29 is 18.6 Å². The number of hydrogen-bond donors (Lipinski definition) is 1. The van der Waals surface area contributed by atoms with E-state index in [-0.39, 0.29) is 23.6 Å². The van der Waals surface area contributed by atoms with Gasteiger partial charge in [-0.2, -0.15) is 5.10 Å². The van der Waals surface area contributed by atoms with E-state index in [4.69, 9.17) is 14.8 Å². The molecule has 1 aromatic carbocycles. The van der Waals surface area contributed by atoms with Gasteiger partial charge in [-0.15, -0.1) is 0 Å². The smallest absolute Gasteiger partial charge is 0.182 e. The first-order valence-corrected chi connectivity index (χ1v) is 14.2. The standard InChI is InChI=1S/C30H33F2N7O2/c1-2-41-21-16-24(31)23(25(32)17-21)19-39-26-7-5-6-22(26)28(36-39)29-34-18-27(40)30(35-29)38(20-8-10-33-11-9-20)15-14-37-12-3-4-13-37/h8-11,16-18,40H,2-7,12-15,19H2,1H3. The van der Waals surface area contributed by atoms with Crippen LogP contribution in [0.25, 0.3) is 11.5 Å². The Balaban J connectivity index is 1.35. The molecule has 0 amide bonds. The number of halogens is 2. The van der Waals surface area contributed by atoms with Crippen molar-refractivity contribution in [3.63, 3.8) is 0 Å². The highest BCUT2D eigenvalue weighted by Crippen LogP contribution is 2.36. The van der Waals surface area contributed by atoms with E-state index in [9.17, 15) is 13.9 Å². The molecule has 0 unspecified atom stereocenters. The lowest BCUT2D eigenvalue weighted by molar-refractivity contribution is 0.335. The summed E-state index contributed by atoms with van der Waals surface area (Å²) in [6.45, 7) is 5.59. The van der Waals surface area contributed by atoms with E-state index in [1.807, 2.05) is 17.0 Å². The zero-order chi connectivity index (χ0) is 28.3. The van der Waals surface area contributed by atoms with Crippen LogP contribution < -0.4 is 9.64 Å². The lowest BCUT2D eigenvalue weighted by Gasteiger charge is -2.27. The number of ether oxygens (including phenoxy) is 1. The largest absolute Gasteiger partial charge is 0.503 e. The van der Waals surface area contributed by atoms with Gasteiger partial charge in [-0.3, -0.25) is 9.67 Å². The molecule has 0 atom stereocenters. The Kier molecular flexibility index (Phi) is 7.78. The van der Waals surface area contributed by atoms with Crippen LogP contribution in [-0.2, 0) is 19.4 Å². The number of fused-ring (bicyclic) bond motifs is 1. The number of rotatable bonds is 10. The fourth-order valence-electron chi connectivity index (χ4n) is 5.76. The second-order valence-corrected chi connectivity index (χ2v) is 10.4. The molecule has 214 valence electrons. The van der Waals surface area contributed by atoms with Crippen LogP contribution in [-0.4, -0.2) is 67.5 Å². The maximum atomic E-state index is 14.9. The summed E-state index contributed by atoms with van der Waals surface area (Å²) in [6, 6.07) is 6.19. The molecule has 6 rings (SSSR count). The lowest BCUT2D eigenvalue weighted by atomic mass is 10.1. The molecule has 1 aliphatic heterocycles. The van der Waals surface area contributed by atoms with Crippen LogP contribution in [0.5, 0.6) is 11.5 Å². The fraction of sp³-hybridized carbons (Fsp3) is 0.400. The van der Waals surface area contributed by atoms with Gasteiger partial charge in [0.15, 0.2) is 17.4 Å². The average molecular weight is 562 g/mol. The summed E-state index contributed by atoms with van der Waals surface area (Å²) in [7, 11) is 0. The maximum Gasteiger partial charge on any atom is 0.182 e. The first kappa shape index (κ1) is 27.1. The quantitative estimate of drug-likeness (QED) is 0.293. The van der Waals surface area contributed by atoms with Crippen LogP contribution in [0.2, 0.25) is 0 Å². The molecule has 0 radical (unpaired) electrons. The molecule has 1 fully saturated rings. The Morgan fingerprint density at radius 3 is 2.54 bits per heavy atom. The average Bonchev–Trinajstić information content (AvgIpc) is 3.73. The summed E-state index contributed by atoms with van der Waals surface area (Å²) in [6.07, 6.45) is 9.61. The molecule has 0 bridgehead atoms. The molecule has 4 aromatic rings. The number of nitrogens with zero attached hydrogens (tertiary/aromatic N) is 7. The number of benzene rings is 1. The van der Waals surface area contributed by atoms with Gasteiger partial charge in [0.05, 0.1) is 19.3 Å². The Morgan fingerprint density at radius 1 is 1.05 bits per heavy atom. The van der Waals surface area contributed by atoms with Gasteiger partial charge in [0.1, 0.15) is 23.1 Å². The zero-order valence-corrected chi connectivity index (χ0v) is 23.1. The van der Waals surface area contributed by atoms with Crippen molar-refractivity contribution in [3.05, 3.63) is 71.3 Å². The zero-order valence-electron chi connectivity index (χ0n) is 23.1. The van der Waals surface area contributed by atoms with Crippen LogP contribution >= 0.6 is 0 Å². The minimum absolute atomic E-state index is 0.0402. The van der Waals surface area contributed by atoms with Gasteiger partial charge in [-0.05, 0) is 64.3 Å². The van der Waals surface area contributed by atoms with Crippen LogP contribution in [0.3, 0.4) is 0 Å². The Labute approximate surface area is 237 Å². The minimum Gasteiger partial charge on any atom is -0.503 e. The molecule has 9 nitrogen and oxygen atoms in total. The first-order chi connectivity index (χ1) is 20.0. The third-order valence-electron chi connectivity index (χ3n) is 7.77. The van der Waals surface area contributed by atoms with E-state index < -0.39 is 11.6 Å². The molecule has 41 heavy (non-hydrogen) atoms. The van der Waals surface area contributed by atoms with Crippen molar-refractivity contribution in [2.75, 3.05) is 37.7 Å². The van der Waals surface area contributed by atoms with Crippen molar-refractivity contribution in [2.45, 2.75) is 45.6 Å². The molecule has 1 N–H and O–H groups in total.